The van der Waals surface area contributed by atoms with Crippen molar-refractivity contribution in [1.82, 2.24) is 9.88 Å². The Labute approximate surface area is 73.2 Å². The molecule has 0 spiro atoms. The number of hydrogen-bond acceptors (Lipinski definition) is 2. The van der Waals surface area contributed by atoms with Crippen molar-refractivity contribution < 1.29 is 0 Å². The first-order chi connectivity index (χ1) is 5.88. The van der Waals surface area contributed by atoms with Gasteiger partial charge in [0.1, 0.15) is 0 Å². The lowest BCUT2D eigenvalue weighted by molar-refractivity contribution is 0.317. The van der Waals surface area contributed by atoms with E-state index in [-0.39, 0.29) is 0 Å². The molecule has 0 radical (unpaired) electrons. The molecule has 1 fully saturated rings. The molecule has 12 heavy (non-hydrogen) atoms. The molecule has 0 aromatic carbocycles. The Balaban J connectivity index is 2.19. The van der Waals surface area contributed by atoms with Gasteiger partial charge in [-0.3, -0.25) is 9.88 Å². The molecule has 1 aliphatic heterocycles. The second-order valence-electron chi connectivity index (χ2n) is 3.42. The van der Waals surface area contributed by atoms with Gasteiger partial charge in [0.25, 0.3) is 0 Å². The summed E-state index contributed by atoms with van der Waals surface area (Å²) in [6.07, 6.45) is 6.41. The third-order valence-electron chi connectivity index (χ3n) is 2.59. The van der Waals surface area contributed by atoms with Crippen molar-refractivity contribution in [3.63, 3.8) is 0 Å². The molecule has 2 nitrogen and oxygen atoms in total. The second-order valence-corrected chi connectivity index (χ2v) is 3.42. The Morgan fingerprint density at radius 2 is 2.58 bits per heavy atom. The summed E-state index contributed by atoms with van der Waals surface area (Å²) in [6, 6.07) is 4.79. The van der Waals surface area contributed by atoms with Gasteiger partial charge in [0.15, 0.2) is 0 Å². The average Bonchev–Trinajstić information content (AvgIpc) is 2.53. The van der Waals surface area contributed by atoms with Crippen LogP contribution in [0.4, 0.5) is 0 Å². The maximum Gasteiger partial charge on any atom is 0.0360 e. The van der Waals surface area contributed by atoms with Crippen molar-refractivity contribution in [3.05, 3.63) is 30.1 Å². The minimum atomic E-state index is 0.610. The first-order valence-corrected chi connectivity index (χ1v) is 4.48. The predicted molar refractivity (Wildman–Crippen MR) is 48.8 cm³/mol. The average molecular weight is 164 g/mol. The van der Waals surface area contributed by atoms with Gasteiger partial charge in [-0.05, 0) is 38.1 Å². The fourth-order valence-electron chi connectivity index (χ4n) is 1.90. The van der Waals surface area contributed by atoms with E-state index < -0.39 is 0 Å². The molecule has 1 saturated heterocycles. The van der Waals surface area contributed by atoms with Gasteiger partial charge >= 0.3 is 0 Å². The maximum absolute atomic E-state index is 4.14. The number of aromatic nitrogens is 1. The first kappa shape index (κ1) is 7.74. The minimum absolute atomic E-state index is 0.610. The highest BCUT2D eigenvalue weighted by Gasteiger charge is 2.21. The summed E-state index contributed by atoms with van der Waals surface area (Å²) in [6.45, 7) is 1.22. The zero-order valence-corrected chi connectivity index (χ0v) is 7.40. The molecule has 0 saturated carbocycles. The lowest BCUT2D eigenvalue weighted by Gasteiger charge is -2.18. The number of nitrogens with zero attached hydrogens (tertiary/aromatic N) is 2. The first-order valence-electron chi connectivity index (χ1n) is 4.48. The minimum Gasteiger partial charge on any atom is -0.299 e. The van der Waals surface area contributed by atoms with E-state index in [9.17, 15) is 0 Å². The van der Waals surface area contributed by atoms with Crippen molar-refractivity contribution in [2.75, 3.05) is 13.6 Å². The zero-order valence-electron chi connectivity index (χ0n) is 7.40. The molecule has 0 aliphatic carbocycles. The largest absolute Gasteiger partial charge is 0.299 e. The van der Waals surface area contributed by atoms with Crippen LogP contribution in [-0.2, 0) is 0 Å². The van der Waals surface area contributed by atoms with Gasteiger partial charge in [-0.2, -0.15) is 0 Å². The van der Waals surface area contributed by atoms with Crippen molar-refractivity contribution in [3.8, 4) is 0 Å². The predicted octanol–water partition coefficient (Wildman–Crippen LogP) is 1.85. The van der Waals surface area contributed by atoms with Crippen molar-refractivity contribution in [2.45, 2.75) is 18.9 Å². The van der Waals surface area contributed by atoms with Gasteiger partial charge in [-0.25, -0.2) is 0 Å². The Morgan fingerprint density at radius 3 is 3.17 bits per heavy atom. The molecule has 0 N–H and O–H groups in total. The van der Waals surface area contributed by atoms with E-state index in [1.165, 1.54) is 24.9 Å². The number of likely N-dealkylation sites (tertiary alicyclic amines) is 1. The summed E-state index contributed by atoms with van der Waals surface area (Å²) in [7, 11) is 2.19. The topological polar surface area (TPSA) is 16.1 Å². The smallest absolute Gasteiger partial charge is 0.0360 e. The highest BCUT2D eigenvalue weighted by Crippen LogP contribution is 2.29. The van der Waals surface area contributed by atoms with Crippen LogP contribution in [0.5, 0.6) is 0 Å². The van der Waals surface area contributed by atoms with Gasteiger partial charge in [0.2, 0.25) is 0 Å². The number of rotatable bonds is 1. The van der Waals surface area contributed by atoms with Crippen LogP contribution in [0.3, 0.4) is 0 Å². The molecule has 1 aliphatic rings. The van der Waals surface area contributed by atoms with Crippen LogP contribution >= 0.6 is 0 Å². The molecule has 1 atom stereocenters. The summed E-state index contributed by atoms with van der Waals surface area (Å²) in [5, 5.41) is 0. The van der Waals surface area contributed by atoms with Crippen LogP contribution in [0.25, 0.3) is 0 Å². The summed E-state index contributed by atoms with van der Waals surface area (Å²) in [5.41, 5.74) is 1.36. The van der Waals surface area contributed by atoms with Crippen molar-refractivity contribution in [2.24, 2.45) is 0 Å². The molecule has 2 rings (SSSR count). The van der Waals surface area contributed by atoms with E-state index >= 15 is 0 Å². The van der Waals surface area contributed by atoms with E-state index in [0.29, 0.717) is 6.04 Å². The van der Waals surface area contributed by atoms with E-state index in [1.54, 1.807) is 0 Å². The lowest BCUT2D eigenvalue weighted by atomic mass is 10.1. The van der Waals surface area contributed by atoms with Gasteiger partial charge in [-0.15, -0.1) is 0 Å². The monoisotopic (exact) mass is 164 g/mol. The van der Waals surface area contributed by atoms with Crippen LogP contribution in [0, 0.1) is 0 Å². The van der Waals surface area contributed by atoms with Crippen molar-refractivity contribution >= 4 is 0 Å². The van der Waals surface area contributed by atoms with Crippen LogP contribution in [-0.4, -0.2) is 23.5 Å². The molecule has 2 heteroatoms. The highest BCUT2D eigenvalue weighted by atomic mass is 15.2. The summed E-state index contributed by atoms with van der Waals surface area (Å²) in [4.78, 5) is 6.54. The molecular formula is C10H14N2. The number of hydrogen-bond donors (Lipinski definition) is 0. The van der Waals surface area contributed by atoms with E-state index in [0.717, 1.165) is 0 Å². The maximum atomic E-state index is 4.14. The van der Waals surface area contributed by atoms with E-state index in [4.69, 9.17) is 0 Å². The molecule has 1 unspecified atom stereocenters. The highest BCUT2D eigenvalue weighted by molar-refractivity contribution is 5.14. The van der Waals surface area contributed by atoms with E-state index in [1.807, 2.05) is 18.5 Å². The van der Waals surface area contributed by atoms with Crippen LogP contribution < -0.4 is 0 Å². The fraction of sp³-hybridized carbons (Fsp3) is 0.500. The third-order valence-corrected chi connectivity index (χ3v) is 2.59. The second kappa shape index (κ2) is 3.23. The zero-order chi connectivity index (χ0) is 8.39. The van der Waals surface area contributed by atoms with E-state index in [2.05, 4.69) is 23.0 Å². The Kier molecular flexibility index (Phi) is 2.09. The van der Waals surface area contributed by atoms with Crippen LogP contribution in [0.2, 0.25) is 0 Å². The summed E-state index contributed by atoms with van der Waals surface area (Å²) in [5.74, 6) is 0. The lowest BCUT2D eigenvalue weighted by Crippen LogP contribution is -2.17. The molecule has 1 aromatic rings. The van der Waals surface area contributed by atoms with Crippen LogP contribution in [0.15, 0.2) is 24.5 Å². The Hall–Kier alpha value is -0.890. The molecule has 0 amide bonds. The van der Waals surface area contributed by atoms with Gasteiger partial charge in [0.05, 0.1) is 0 Å². The standard InChI is InChI=1S/C10H14N2/c1-12-7-3-5-10(12)9-4-2-6-11-8-9/h2,4,6,8,10H,3,5,7H2,1H3/i6+2. The Morgan fingerprint density at radius 1 is 1.67 bits per heavy atom. The number of pyridine rings is 1. The SMILES string of the molecule is CN1CCCC1c1cc[14cH]nc1. The Bertz CT molecular complexity index is 245. The van der Waals surface area contributed by atoms with Crippen LogP contribution in [0.1, 0.15) is 24.4 Å². The molecule has 2 heterocycles. The molecule has 0 bridgehead atoms. The molecule has 64 valence electrons. The summed E-state index contributed by atoms with van der Waals surface area (Å²) >= 11 is 0. The fourth-order valence-corrected chi connectivity index (χ4v) is 1.90. The molecule has 1 aromatic heterocycles. The third kappa shape index (κ3) is 1.34. The van der Waals surface area contributed by atoms with Gasteiger partial charge in [-0.1, -0.05) is 6.07 Å². The normalized spacial score (nSPS) is 24.6. The molecular weight excluding hydrogens is 150 g/mol. The quantitative estimate of drug-likeness (QED) is 0.629. The van der Waals surface area contributed by atoms with Crippen molar-refractivity contribution in [1.29, 1.82) is 0 Å². The van der Waals surface area contributed by atoms with Gasteiger partial charge < -0.3 is 0 Å². The van der Waals surface area contributed by atoms with Gasteiger partial charge in [0, 0.05) is 18.4 Å². The summed E-state index contributed by atoms with van der Waals surface area (Å²) < 4.78 is 0.